The molecule has 1 aliphatic rings. The van der Waals surface area contributed by atoms with Gasteiger partial charge in [-0.15, -0.1) is 0 Å². The summed E-state index contributed by atoms with van der Waals surface area (Å²) in [4.78, 5) is 11.6. The lowest BCUT2D eigenvalue weighted by Crippen LogP contribution is -2.41. The first-order valence-corrected chi connectivity index (χ1v) is 7.01. The Labute approximate surface area is 114 Å². The van der Waals surface area contributed by atoms with Crippen LogP contribution < -0.4 is 10.6 Å². The fourth-order valence-electron chi connectivity index (χ4n) is 2.44. The number of aliphatic hydroxyl groups excluding tert-OH is 1. The Hall–Kier alpha value is -1.55. The van der Waals surface area contributed by atoms with Gasteiger partial charge >= 0.3 is 6.03 Å². The van der Waals surface area contributed by atoms with Crippen LogP contribution in [0.5, 0.6) is 0 Å². The standard InChI is InChI=1S/C15H22N2O2/c18-11-13-7-5-12(6-8-13)9-10-16-15(19)17-14-3-1-2-4-14/h5-8,14,18H,1-4,9-11H2,(H2,16,17,19). The number of amides is 2. The van der Waals surface area contributed by atoms with E-state index in [4.69, 9.17) is 5.11 Å². The van der Waals surface area contributed by atoms with Gasteiger partial charge in [-0.05, 0) is 30.4 Å². The van der Waals surface area contributed by atoms with Crippen molar-refractivity contribution >= 4 is 6.03 Å². The Morgan fingerprint density at radius 1 is 1.16 bits per heavy atom. The summed E-state index contributed by atoms with van der Waals surface area (Å²) in [5.74, 6) is 0. The summed E-state index contributed by atoms with van der Waals surface area (Å²) in [7, 11) is 0. The smallest absolute Gasteiger partial charge is 0.315 e. The molecule has 4 heteroatoms. The van der Waals surface area contributed by atoms with Crippen LogP contribution in [0.15, 0.2) is 24.3 Å². The molecule has 0 spiro atoms. The highest BCUT2D eigenvalue weighted by Crippen LogP contribution is 2.17. The zero-order chi connectivity index (χ0) is 13.5. The molecule has 0 radical (unpaired) electrons. The van der Waals surface area contributed by atoms with Crippen molar-refractivity contribution in [1.29, 1.82) is 0 Å². The minimum Gasteiger partial charge on any atom is -0.392 e. The second-order valence-corrected chi connectivity index (χ2v) is 5.11. The first-order chi connectivity index (χ1) is 9.28. The average molecular weight is 262 g/mol. The van der Waals surface area contributed by atoms with E-state index in [1.54, 1.807) is 0 Å². The topological polar surface area (TPSA) is 61.4 Å². The summed E-state index contributed by atoms with van der Waals surface area (Å²) in [5, 5.41) is 14.8. The van der Waals surface area contributed by atoms with Crippen LogP contribution in [0.25, 0.3) is 0 Å². The summed E-state index contributed by atoms with van der Waals surface area (Å²) in [6.45, 7) is 0.708. The van der Waals surface area contributed by atoms with Gasteiger partial charge in [0.2, 0.25) is 0 Å². The third kappa shape index (κ3) is 4.56. The molecule has 3 N–H and O–H groups in total. The predicted molar refractivity (Wildman–Crippen MR) is 74.9 cm³/mol. The average Bonchev–Trinajstić information content (AvgIpc) is 2.92. The third-order valence-electron chi connectivity index (χ3n) is 3.60. The molecule has 0 bridgehead atoms. The Kier molecular flexibility index (Phi) is 5.21. The minimum atomic E-state index is -0.0566. The SMILES string of the molecule is O=C(NCCc1ccc(CO)cc1)NC1CCCC1. The minimum absolute atomic E-state index is 0.0566. The van der Waals surface area contributed by atoms with E-state index >= 15 is 0 Å². The summed E-state index contributed by atoms with van der Waals surface area (Å²) >= 11 is 0. The van der Waals surface area contributed by atoms with Gasteiger partial charge in [0.1, 0.15) is 0 Å². The number of nitrogens with one attached hydrogen (secondary N) is 2. The van der Waals surface area contributed by atoms with Crippen LogP contribution in [-0.2, 0) is 13.0 Å². The van der Waals surface area contributed by atoms with Crippen LogP contribution in [0.4, 0.5) is 4.79 Å². The molecule has 0 unspecified atom stereocenters. The maximum absolute atomic E-state index is 11.6. The highest BCUT2D eigenvalue weighted by atomic mass is 16.3. The van der Waals surface area contributed by atoms with E-state index in [0.717, 1.165) is 24.8 Å². The lowest BCUT2D eigenvalue weighted by molar-refractivity contribution is 0.237. The van der Waals surface area contributed by atoms with Crippen molar-refractivity contribution in [2.24, 2.45) is 0 Å². The first kappa shape index (κ1) is 13.9. The van der Waals surface area contributed by atoms with Crippen LogP contribution in [0, 0.1) is 0 Å². The Bertz CT molecular complexity index is 397. The molecule has 0 saturated heterocycles. The van der Waals surface area contributed by atoms with Crippen LogP contribution in [0.2, 0.25) is 0 Å². The molecule has 1 fully saturated rings. The van der Waals surface area contributed by atoms with Crippen LogP contribution >= 0.6 is 0 Å². The zero-order valence-corrected chi connectivity index (χ0v) is 11.2. The molecule has 0 atom stereocenters. The van der Waals surface area contributed by atoms with Gasteiger partial charge in [-0.2, -0.15) is 0 Å². The maximum atomic E-state index is 11.6. The van der Waals surface area contributed by atoms with E-state index in [0.29, 0.717) is 12.6 Å². The Balaban J connectivity index is 1.65. The number of carbonyl (C=O) groups excluding carboxylic acids is 1. The lowest BCUT2D eigenvalue weighted by Gasteiger charge is -2.12. The van der Waals surface area contributed by atoms with Crippen molar-refractivity contribution in [2.45, 2.75) is 44.8 Å². The molecule has 2 rings (SSSR count). The third-order valence-corrected chi connectivity index (χ3v) is 3.60. The van der Waals surface area contributed by atoms with Crippen LogP contribution in [0.1, 0.15) is 36.8 Å². The molecular weight excluding hydrogens is 240 g/mol. The molecule has 1 aromatic rings. The Morgan fingerprint density at radius 3 is 2.42 bits per heavy atom. The number of aliphatic hydroxyl groups is 1. The van der Waals surface area contributed by atoms with Gasteiger partial charge in [-0.25, -0.2) is 4.79 Å². The molecular formula is C15H22N2O2. The second-order valence-electron chi connectivity index (χ2n) is 5.11. The van der Waals surface area contributed by atoms with Gasteiger partial charge in [0.15, 0.2) is 0 Å². The van der Waals surface area contributed by atoms with E-state index in [-0.39, 0.29) is 12.6 Å². The molecule has 0 aliphatic heterocycles. The second kappa shape index (κ2) is 7.14. The van der Waals surface area contributed by atoms with E-state index in [2.05, 4.69) is 10.6 Å². The quantitative estimate of drug-likeness (QED) is 0.759. The van der Waals surface area contributed by atoms with Gasteiger partial charge < -0.3 is 15.7 Å². The number of carbonyl (C=O) groups is 1. The summed E-state index contributed by atoms with van der Waals surface area (Å²) in [6, 6.07) is 8.11. The fraction of sp³-hybridized carbons (Fsp3) is 0.533. The number of hydrogen-bond acceptors (Lipinski definition) is 2. The normalized spacial score (nSPS) is 15.4. The van der Waals surface area contributed by atoms with Gasteiger partial charge in [-0.1, -0.05) is 37.1 Å². The molecule has 104 valence electrons. The molecule has 19 heavy (non-hydrogen) atoms. The zero-order valence-electron chi connectivity index (χ0n) is 11.2. The van der Waals surface area contributed by atoms with Gasteiger partial charge in [0.25, 0.3) is 0 Å². The van der Waals surface area contributed by atoms with Crippen molar-refractivity contribution < 1.29 is 9.90 Å². The van der Waals surface area contributed by atoms with E-state index < -0.39 is 0 Å². The monoisotopic (exact) mass is 262 g/mol. The Morgan fingerprint density at radius 2 is 1.79 bits per heavy atom. The fourth-order valence-corrected chi connectivity index (χ4v) is 2.44. The number of urea groups is 1. The number of hydrogen-bond donors (Lipinski definition) is 3. The van der Waals surface area contributed by atoms with Gasteiger partial charge in [0.05, 0.1) is 6.61 Å². The molecule has 0 aromatic heterocycles. The highest BCUT2D eigenvalue weighted by Gasteiger charge is 2.16. The van der Waals surface area contributed by atoms with Gasteiger partial charge in [-0.3, -0.25) is 0 Å². The lowest BCUT2D eigenvalue weighted by atomic mass is 10.1. The predicted octanol–water partition coefficient (Wildman–Crippen LogP) is 1.96. The molecule has 1 aliphatic carbocycles. The molecule has 1 aromatic carbocycles. The van der Waals surface area contributed by atoms with E-state index in [1.165, 1.54) is 18.4 Å². The van der Waals surface area contributed by atoms with E-state index in [1.807, 2.05) is 24.3 Å². The highest BCUT2D eigenvalue weighted by molar-refractivity contribution is 5.74. The largest absolute Gasteiger partial charge is 0.392 e. The molecule has 4 nitrogen and oxygen atoms in total. The van der Waals surface area contributed by atoms with Crippen molar-refractivity contribution in [3.8, 4) is 0 Å². The first-order valence-electron chi connectivity index (χ1n) is 7.01. The molecule has 0 heterocycles. The van der Waals surface area contributed by atoms with Gasteiger partial charge in [0, 0.05) is 12.6 Å². The maximum Gasteiger partial charge on any atom is 0.315 e. The summed E-state index contributed by atoms with van der Waals surface area (Å²) in [5.41, 5.74) is 2.08. The van der Waals surface area contributed by atoms with Crippen LogP contribution in [-0.4, -0.2) is 23.7 Å². The number of rotatable bonds is 5. The summed E-state index contributed by atoms with van der Waals surface area (Å²) < 4.78 is 0. The van der Waals surface area contributed by atoms with Crippen LogP contribution in [0.3, 0.4) is 0 Å². The number of benzene rings is 1. The van der Waals surface area contributed by atoms with Crippen molar-refractivity contribution in [1.82, 2.24) is 10.6 Å². The molecule has 1 saturated carbocycles. The van der Waals surface area contributed by atoms with Crippen molar-refractivity contribution in [3.63, 3.8) is 0 Å². The van der Waals surface area contributed by atoms with Crippen molar-refractivity contribution in [2.75, 3.05) is 6.54 Å². The summed E-state index contributed by atoms with van der Waals surface area (Å²) in [6.07, 6.45) is 5.47. The molecule has 2 amide bonds. The van der Waals surface area contributed by atoms with Crippen molar-refractivity contribution in [3.05, 3.63) is 35.4 Å². The van der Waals surface area contributed by atoms with E-state index in [9.17, 15) is 4.79 Å².